The molecule has 54 heavy (non-hydrogen) atoms. The van der Waals surface area contributed by atoms with Gasteiger partial charge in [0.2, 0.25) is 0 Å². The second-order valence-electron chi connectivity index (χ2n) is 14.0. The number of likely N-dealkylation sites (tertiary alicyclic amines) is 1. The smallest absolute Gasteiger partial charge is 0.342 e. The highest BCUT2D eigenvalue weighted by Crippen LogP contribution is 2.31. The number of nitrogens with one attached hydrogen (secondary N) is 3. The van der Waals surface area contributed by atoms with Crippen molar-refractivity contribution in [2.75, 3.05) is 23.7 Å². The van der Waals surface area contributed by atoms with Crippen LogP contribution in [0.4, 0.5) is 16.2 Å². The molecule has 0 radical (unpaired) electrons. The number of amides is 3. The average Bonchev–Trinajstić information content (AvgIpc) is 3.53. The number of carbonyl (C=O) groups is 3. The molecule has 1 aliphatic rings. The van der Waals surface area contributed by atoms with Crippen molar-refractivity contribution in [3.8, 4) is 17.2 Å². The zero-order valence-electron chi connectivity index (χ0n) is 31.3. The Hall–Kier alpha value is -5.65. The first kappa shape index (κ1) is 38.1. The van der Waals surface area contributed by atoms with Crippen LogP contribution in [0.25, 0.3) is 16.6 Å². The fourth-order valence-corrected chi connectivity index (χ4v) is 6.60. The molecule has 2 heterocycles. The molecule has 11 nitrogen and oxygen atoms in total. The zero-order valence-corrected chi connectivity index (χ0v) is 31.3. The van der Waals surface area contributed by atoms with Gasteiger partial charge in [-0.05, 0) is 118 Å². The van der Waals surface area contributed by atoms with E-state index in [0.29, 0.717) is 22.7 Å². The summed E-state index contributed by atoms with van der Waals surface area (Å²) < 4.78 is 13.7. The molecule has 4 aromatic carbocycles. The topological polar surface area (TPSA) is 134 Å². The van der Waals surface area contributed by atoms with Crippen LogP contribution in [-0.2, 0) is 11.3 Å². The third-order valence-electron chi connectivity index (χ3n) is 9.61. The third-order valence-corrected chi connectivity index (χ3v) is 9.61. The molecule has 0 spiro atoms. The first-order valence-corrected chi connectivity index (χ1v) is 18.7. The van der Waals surface area contributed by atoms with Crippen molar-refractivity contribution in [2.45, 2.75) is 78.2 Å². The van der Waals surface area contributed by atoms with Gasteiger partial charge in [-0.3, -0.25) is 9.69 Å². The van der Waals surface area contributed by atoms with E-state index in [1.165, 1.54) is 17.0 Å². The molecule has 1 aromatic heterocycles. The van der Waals surface area contributed by atoms with E-state index in [-0.39, 0.29) is 41.5 Å². The molecule has 0 atom stereocenters. The van der Waals surface area contributed by atoms with Crippen LogP contribution < -0.4 is 20.7 Å². The van der Waals surface area contributed by atoms with Crippen LogP contribution in [0.5, 0.6) is 11.5 Å². The van der Waals surface area contributed by atoms with Gasteiger partial charge in [-0.2, -0.15) is 0 Å². The number of nitrogens with zero attached hydrogens (tertiary/aromatic N) is 2. The van der Waals surface area contributed by atoms with E-state index in [4.69, 9.17) is 9.47 Å². The van der Waals surface area contributed by atoms with Gasteiger partial charge >= 0.3 is 12.0 Å². The van der Waals surface area contributed by atoms with Gasteiger partial charge in [0.15, 0.2) is 0 Å². The van der Waals surface area contributed by atoms with E-state index in [9.17, 15) is 19.5 Å². The second kappa shape index (κ2) is 17.5. The first-order chi connectivity index (χ1) is 26.1. The minimum Gasteiger partial charge on any atom is -0.459 e. The van der Waals surface area contributed by atoms with E-state index >= 15 is 0 Å². The van der Waals surface area contributed by atoms with Gasteiger partial charge in [-0.15, -0.1) is 0 Å². The number of anilines is 2. The van der Waals surface area contributed by atoms with Crippen LogP contribution in [0.15, 0.2) is 97.2 Å². The largest absolute Gasteiger partial charge is 0.459 e. The molecule has 0 aliphatic carbocycles. The number of piperidine rings is 1. The lowest BCUT2D eigenvalue weighted by molar-refractivity contribution is 0.0375. The molecule has 0 saturated carbocycles. The number of carbonyl (C=O) groups excluding carboxylic acids is 3. The number of esters is 1. The van der Waals surface area contributed by atoms with Crippen molar-refractivity contribution in [3.63, 3.8) is 0 Å². The lowest BCUT2D eigenvalue weighted by Crippen LogP contribution is -2.37. The highest BCUT2D eigenvalue weighted by atomic mass is 16.5. The van der Waals surface area contributed by atoms with E-state index in [1.54, 1.807) is 50.2 Å². The van der Waals surface area contributed by atoms with Crippen LogP contribution in [0.2, 0.25) is 0 Å². The molecule has 0 unspecified atom stereocenters. The van der Waals surface area contributed by atoms with Crippen LogP contribution in [-0.4, -0.2) is 63.8 Å². The molecule has 1 aliphatic heterocycles. The molecule has 1 saturated heterocycles. The third kappa shape index (κ3) is 9.47. The van der Waals surface area contributed by atoms with Crippen molar-refractivity contribution in [1.29, 1.82) is 0 Å². The molecular weight excluding hydrogens is 683 g/mol. The summed E-state index contributed by atoms with van der Waals surface area (Å²) in [6.07, 6.45) is 4.82. The predicted octanol–water partition coefficient (Wildman–Crippen LogP) is 8.51. The van der Waals surface area contributed by atoms with E-state index < -0.39 is 5.97 Å². The van der Waals surface area contributed by atoms with Crippen LogP contribution in [0.1, 0.15) is 79.7 Å². The number of aromatic nitrogens is 1. The van der Waals surface area contributed by atoms with Gasteiger partial charge in [0.25, 0.3) is 5.91 Å². The quantitative estimate of drug-likeness (QED) is 0.0893. The molecule has 0 bridgehead atoms. The number of urea groups is 1. The highest BCUT2D eigenvalue weighted by Gasteiger charge is 2.21. The van der Waals surface area contributed by atoms with Crippen molar-refractivity contribution >= 4 is 40.2 Å². The molecule has 11 heteroatoms. The second-order valence-corrected chi connectivity index (χ2v) is 14.0. The number of benzene rings is 4. The Morgan fingerprint density at radius 3 is 2.22 bits per heavy atom. The maximum absolute atomic E-state index is 13.2. The fraction of sp³-hybridized carbons (Fsp3) is 0.326. The number of hydrogen-bond donors (Lipinski definition) is 4. The summed E-state index contributed by atoms with van der Waals surface area (Å²) in [6.45, 7) is 10.1. The molecule has 6 rings (SSSR count). The van der Waals surface area contributed by atoms with Gasteiger partial charge in [-0.25, -0.2) is 9.59 Å². The van der Waals surface area contributed by atoms with Crippen molar-refractivity contribution in [1.82, 2.24) is 14.8 Å². The maximum atomic E-state index is 13.2. The monoisotopic (exact) mass is 731 g/mol. The summed E-state index contributed by atoms with van der Waals surface area (Å²) in [4.78, 5) is 41.2. The van der Waals surface area contributed by atoms with Crippen LogP contribution in [0.3, 0.4) is 0 Å². The number of para-hydroxylation sites is 1. The fourth-order valence-electron chi connectivity index (χ4n) is 6.60. The number of aliphatic hydroxyl groups excluding tert-OH is 1. The Bertz CT molecular complexity index is 2060. The molecular formula is C43H49N5O6. The van der Waals surface area contributed by atoms with Gasteiger partial charge in [-0.1, -0.05) is 32.0 Å². The lowest BCUT2D eigenvalue weighted by Gasteiger charge is -2.29. The van der Waals surface area contributed by atoms with E-state index in [1.807, 2.05) is 44.2 Å². The summed E-state index contributed by atoms with van der Waals surface area (Å²) in [6, 6.07) is 27.2. The Morgan fingerprint density at radius 2 is 1.54 bits per heavy atom. The summed E-state index contributed by atoms with van der Waals surface area (Å²) >= 11 is 0. The first-order valence-electron chi connectivity index (χ1n) is 18.7. The van der Waals surface area contributed by atoms with Crippen molar-refractivity contribution in [2.24, 2.45) is 0 Å². The van der Waals surface area contributed by atoms with Crippen LogP contribution in [0, 0.1) is 0 Å². The summed E-state index contributed by atoms with van der Waals surface area (Å²) in [5.74, 6) is -0.129. The Kier molecular flexibility index (Phi) is 12.3. The number of ether oxygens (including phenoxy) is 2. The molecule has 1 fully saturated rings. The Morgan fingerprint density at radius 1 is 0.852 bits per heavy atom. The van der Waals surface area contributed by atoms with Gasteiger partial charge in [0.05, 0.1) is 17.7 Å². The predicted molar refractivity (Wildman–Crippen MR) is 212 cm³/mol. The van der Waals surface area contributed by atoms with E-state index in [0.717, 1.165) is 56.5 Å². The number of fused-ring (bicyclic) bond motifs is 1. The van der Waals surface area contributed by atoms with Crippen LogP contribution >= 0.6 is 0 Å². The number of hydrogen-bond acceptors (Lipinski definition) is 7. The minimum absolute atomic E-state index is 0.0455. The van der Waals surface area contributed by atoms with Gasteiger partial charge in [0, 0.05) is 59.9 Å². The molecule has 4 N–H and O–H groups in total. The number of rotatable bonds is 13. The number of aliphatic hydroxyl groups is 1. The average molecular weight is 732 g/mol. The summed E-state index contributed by atoms with van der Waals surface area (Å²) in [7, 11) is 0. The molecule has 282 valence electrons. The van der Waals surface area contributed by atoms with E-state index in [2.05, 4.69) is 49.8 Å². The normalized spacial score (nSPS) is 13.6. The molecule has 5 aromatic rings. The highest BCUT2D eigenvalue weighted by molar-refractivity contribution is 6.04. The SMILES string of the molecule is CCC(CC)NC(=O)Nc1ccc(Oc2ccc(NC(=O)c3ccc(-n4cc(CN5CCC(O)CC5)c5ccccc54)cc3)cc2)c(C(=O)OC(C)C)c1. The zero-order chi connectivity index (χ0) is 38.2. The maximum Gasteiger partial charge on any atom is 0.342 e. The van der Waals surface area contributed by atoms with Gasteiger partial charge in [0.1, 0.15) is 17.1 Å². The Labute approximate surface area is 316 Å². The minimum atomic E-state index is -0.580. The van der Waals surface area contributed by atoms with Crippen molar-refractivity contribution < 1.29 is 29.0 Å². The summed E-state index contributed by atoms with van der Waals surface area (Å²) in [5.41, 5.74) is 4.96. The summed E-state index contributed by atoms with van der Waals surface area (Å²) in [5, 5.41) is 19.8. The Balaban J connectivity index is 1.11. The molecule has 3 amide bonds. The van der Waals surface area contributed by atoms with Gasteiger partial charge < -0.3 is 35.1 Å². The standard InChI is InChI=1S/C43H49N5O6/c1-5-31(6-2)45-43(52)46-33-15-20-40(38(25-33)42(51)53-28(3)4)54-36-18-13-32(14-19-36)44-41(50)29-11-16-34(17-12-29)48-27-30(37-9-7-8-10-39(37)48)26-47-23-21-35(49)22-24-47/h7-20,25,27-28,31,35,49H,5-6,21-24,26H2,1-4H3,(H,44,50)(H2,45,46,52). The lowest BCUT2D eigenvalue weighted by atomic mass is 10.1. The van der Waals surface area contributed by atoms with Crippen molar-refractivity contribution in [3.05, 3.63) is 114 Å².